The van der Waals surface area contributed by atoms with Crippen LogP contribution >= 0.6 is 0 Å². The minimum Gasteiger partial charge on any atom is -0.488 e. The first-order chi connectivity index (χ1) is 11.4. The van der Waals surface area contributed by atoms with Crippen LogP contribution in [-0.4, -0.2) is 23.0 Å². The second-order valence-electron chi connectivity index (χ2n) is 7.02. The Morgan fingerprint density at radius 3 is 2.38 bits per heavy atom. The van der Waals surface area contributed by atoms with E-state index in [1.807, 2.05) is 12.1 Å². The summed E-state index contributed by atoms with van der Waals surface area (Å²) >= 11 is -1.83. The lowest BCUT2D eigenvalue weighted by molar-refractivity contribution is 0.0239. The minimum absolute atomic E-state index is 0.0287. The lowest BCUT2D eigenvalue weighted by Crippen LogP contribution is -2.37. The molecule has 0 N–H and O–H groups in total. The molecule has 0 aliphatic heterocycles. The summed E-state index contributed by atoms with van der Waals surface area (Å²) in [5.74, 6) is 3.08. The molecule has 0 unspecified atom stereocenters. The molecule has 24 heavy (non-hydrogen) atoms. The average molecular weight is 350 g/mol. The molecular formula is C19H26O4S. The number of benzene rings is 1. The normalized spacial score (nSPS) is 22.6. The topological polar surface area (TPSA) is 44.8 Å². The summed E-state index contributed by atoms with van der Waals surface area (Å²) in [6.07, 6.45) is 8.49. The minimum atomic E-state index is -1.83. The van der Waals surface area contributed by atoms with Gasteiger partial charge < -0.3 is 4.74 Å². The van der Waals surface area contributed by atoms with Crippen LogP contribution in [0, 0.1) is 12.3 Å². The maximum Gasteiger partial charge on any atom is 0.305 e. The van der Waals surface area contributed by atoms with E-state index in [1.54, 1.807) is 0 Å². The SMILES string of the molecule is C#CCO[S@](=O)O[C@H]1CCCC[C@H]1Oc1ccc(C(C)(C)C)cc1. The van der Waals surface area contributed by atoms with Gasteiger partial charge in [0.1, 0.15) is 24.6 Å². The second kappa shape index (κ2) is 8.66. The fourth-order valence-corrected chi connectivity index (χ4v) is 3.37. The van der Waals surface area contributed by atoms with Crippen molar-refractivity contribution in [2.45, 2.75) is 64.1 Å². The first kappa shape index (κ1) is 19.0. The number of rotatable bonds is 6. The van der Waals surface area contributed by atoms with E-state index < -0.39 is 11.4 Å². The molecule has 1 saturated carbocycles. The lowest BCUT2D eigenvalue weighted by Gasteiger charge is -2.30. The van der Waals surface area contributed by atoms with E-state index in [1.165, 1.54) is 5.56 Å². The van der Waals surface area contributed by atoms with Crippen molar-refractivity contribution in [3.05, 3.63) is 29.8 Å². The van der Waals surface area contributed by atoms with Gasteiger partial charge in [-0.3, -0.25) is 8.37 Å². The van der Waals surface area contributed by atoms with Gasteiger partial charge >= 0.3 is 11.4 Å². The van der Waals surface area contributed by atoms with Crippen molar-refractivity contribution in [2.75, 3.05) is 6.61 Å². The maximum absolute atomic E-state index is 11.7. The summed E-state index contributed by atoms with van der Waals surface area (Å²) in [5, 5.41) is 0. The highest BCUT2D eigenvalue weighted by Crippen LogP contribution is 2.29. The van der Waals surface area contributed by atoms with E-state index in [9.17, 15) is 4.21 Å². The first-order valence-corrected chi connectivity index (χ1v) is 9.33. The third-order valence-corrected chi connectivity index (χ3v) is 4.81. The third kappa shape index (κ3) is 5.62. The van der Waals surface area contributed by atoms with Gasteiger partial charge in [0.2, 0.25) is 0 Å². The van der Waals surface area contributed by atoms with Gasteiger partial charge in [-0.1, -0.05) is 45.2 Å². The molecule has 1 aliphatic rings. The summed E-state index contributed by atoms with van der Waals surface area (Å²) in [4.78, 5) is 0. The average Bonchev–Trinajstić information content (AvgIpc) is 2.54. The Morgan fingerprint density at radius 1 is 1.17 bits per heavy atom. The molecule has 2 rings (SSSR count). The van der Waals surface area contributed by atoms with Gasteiger partial charge in [0, 0.05) is 0 Å². The highest BCUT2D eigenvalue weighted by Gasteiger charge is 2.30. The van der Waals surface area contributed by atoms with Crippen LogP contribution in [0.4, 0.5) is 0 Å². The van der Waals surface area contributed by atoms with Gasteiger partial charge in [-0.05, 0) is 42.4 Å². The molecule has 0 bridgehead atoms. The van der Waals surface area contributed by atoms with Crippen molar-refractivity contribution in [1.29, 1.82) is 0 Å². The fraction of sp³-hybridized carbons (Fsp3) is 0.579. The highest BCUT2D eigenvalue weighted by atomic mass is 32.2. The zero-order valence-electron chi connectivity index (χ0n) is 14.6. The van der Waals surface area contributed by atoms with Crippen LogP contribution in [0.1, 0.15) is 52.0 Å². The van der Waals surface area contributed by atoms with Crippen LogP contribution in [0.25, 0.3) is 0 Å². The molecule has 0 aromatic heterocycles. The molecule has 132 valence electrons. The Labute approximate surface area is 147 Å². The van der Waals surface area contributed by atoms with Crippen molar-refractivity contribution in [1.82, 2.24) is 0 Å². The molecule has 1 aromatic carbocycles. The Bertz CT molecular complexity index is 583. The van der Waals surface area contributed by atoms with Gasteiger partial charge in [-0.25, -0.2) is 0 Å². The standard InChI is InChI=1S/C19H26O4S/c1-5-14-21-24(20)23-18-9-7-6-8-17(18)22-16-12-10-15(11-13-16)19(2,3)4/h1,10-13,17-18H,6-9,14H2,2-4H3/t17-,18+,24+/m1/s1. The van der Waals surface area contributed by atoms with Crippen LogP contribution in [0.2, 0.25) is 0 Å². The van der Waals surface area contributed by atoms with E-state index >= 15 is 0 Å². The van der Waals surface area contributed by atoms with Gasteiger partial charge in [0.15, 0.2) is 0 Å². The van der Waals surface area contributed by atoms with E-state index in [2.05, 4.69) is 38.8 Å². The lowest BCUT2D eigenvalue weighted by atomic mass is 9.87. The summed E-state index contributed by atoms with van der Waals surface area (Å²) in [6.45, 7) is 6.51. The number of ether oxygens (including phenoxy) is 1. The maximum atomic E-state index is 11.7. The molecule has 1 fully saturated rings. The van der Waals surface area contributed by atoms with E-state index in [-0.39, 0.29) is 24.2 Å². The highest BCUT2D eigenvalue weighted by molar-refractivity contribution is 7.75. The molecule has 0 heterocycles. The smallest absolute Gasteiger partial charge is 0.305 e. The molecule has 0 radical (unpaired) electrons. The number of hydrogen-bond donors (Lipinski definition) is 0. The Balaban J connectivity index is 1.98. The predicted molar refractivity (Wildman–Crippen MR) is 95.8 cm³/mol. The van der Waals surface area contributed by atoms with Crippen LogP contribution < -0.4 is 4.74 Å². The summed E-state index contributed by atoms with van der Waals surface area (Å²) in [6, 6.07) is 8.14. The monoisotopic (exact) mass is 350 g/mol. The van der Waals surface area contributed by atoms with Crippen molar-refractivity contribution >= 4 is 11.4 Å². The van der Waals surface area contributed by atoms with Crippen molar-refractivity contribution in [3.63, 3.8) is 0 Å². The van der Waals surface area contributed by atoms with Crippen LogP contribution in [0.3, 0.4) is 0 Å². The quantitative estimate of drug-likeness (QED) is 0.730. The summed E-state index contributed by atoms with van der Waals surface area (Å²) in [7, 11) is 0. The Hall–Kier alpha value is -1.35. The van der Waals surface area contributed by atoms with Gasteiger partial charge in [-0.2, -0.15) is 4.21 Å². The second-order valence-corrected chi connectivity index (χ2v) is 7.86. The molecule has 5 heteroatoms. The molecular weight excluding hydrogens is 324 g/mol. The Morgan fingerprint density at radius 2 is 1.79 bits per heavy atom. The van der Waals surface area contributed by atoms with Gasteiger partial charge in [0.05, 0.1) is 0 Å². The molecule has 3 atom stereocenters. The summed E-state index contributed by atoms with van der Waals surface area (Å²) in [5.41, 5.74) is 1.37. The fourth-order valence-electron chi connectivity index (χ4n) is 2.73. The van der Waals surface area contributed by atoms with Crippen molar-refractivity contribution in [3.8, 4) is 18.1 Å². The molecule has 0 spiro atoms. The zero-order chi connectivity index (χ0) is 17.6. The van der Waals surface area contributed by atoms with E-state index in [4.69, 9.17) is 19.5 Å². The number of terminal acetylenes is 1. The first-order valence-electron chi connectivity index (χ1n) is 8.33. The predicted octanol–water partition coefficient (Wildman–Crippen LogP) is 3.92. The van der Waals surface area contributed by atoms with Gasteiger partial charge in [-0.15, -0.1) is 6.42 Å². The van der Waals surface area contributed by atoms with Crippen molar-refractivity contribution < 1.29 is 17.3 Å². The van der Waals surface area contributed by atoms with Gasteiger partial charge in [0.25, 0.3) is 0 Å². The number of hydrogen-bond acceptors (Lipinski definition) is 4. The van der Waals surface area contributed by atoms with Crippen molar-refractivity contribution in [2.24, 2.45) is 0 Å². The van der Waals surface area contributed by atoms with E-state index in [0.29, 0.717) is 0 Å². The van der Waals surface area contributed by atoms with Crippen LogP contribution in [0.5, 0.6) is 5.75 Å². The Kier molecular flexibility index (Phi) is 6.85. The van der Waals surface area contributed by atoms with E-state index in [0.717, 1.165) is 31.4 Å². The molecule has 1 aliphatic carbocycles. The molecule has 1 aromatic rings. The third-order valence-electron chi connectivity index (χ3n) is 4.09. The van der Waals surface area contributed by atoms with Crippen LogP contribution in [0.15, 0.2) is 24.3 Å². The summed E-state index contributed by atoms with van der Waals surface area (Å²) < 4.78 is 28.2. The largest absolute Gasteiger partial charge is 0.488 e. The molecule has 4 nitrogen and oxygen atoms in total. The van der Waals surface area contributed by atoms with Crippen LogP contribution in [-0.2, 0) is 25.1 Å². The molecule has 0 amide bonds. The zero-order valence-corrected chi connectivity index (χ0v) is 15.4. The molecule has 0 saturated heterocycles.